The average molecular weight is 361 g/mol. The van der Waals surface area contributed by atoms with Gasteiger partial charge in [-0.15, -0.1) is 0 Å². The van der Waals surface area contributed by atoms with E-state index in [1.54, 1.807) is 35.1 Å². The first-order chi connectivity index (χ1) is 13.1. The molecule has 0 spiro atoms. The Morgan fingerprint density at radius 2 is 1.56 bits per heavy atom. The van der Waals surface area contributed by atoms with Gasteiger partial charge in [0.15, 0.2) is 6.73 Å². The molecule has 0 aliphatic carbocycles. The van der Waals surface area contributed by atoms with Crippen molar-refractivity contribution in [1.29, 1.82) is 0 Å². The van der Waals surface area contributed by atoms with Crippen LogP contribution in [0, 0.1) is 0 Å². The number of aromatic nitrogens is 2. The SMILES string of the molecule is O=C(OCN1C(=O)c2ccccc2C1=O)c1cnn(Cc2ccccc2)c1. The van der Waals surface area contributed by atoms with Crippen LogP contribution >= 0.6 is 0 Å². The molecule has 0 bridgehead atoms. The Labute approximate surface area is 154 Å². The molecule has 1 aliphatic rings. The predicted octanol–water partition coefficient (Wildman–Crippen LogP) is 2.34. The minimum Gasteiger partial charge on any atom is -0.440 e. The highest BCUT2D eigenvalue weighted by Gasteiger charge is 2.35. The smallest absolute Gasteiger partial charge is 0.343 e. The number of fused-ring (bicyclic) bond motifs is 1. The number of esters is 1. The molecular formula is C20H15N3O4. The zero-order chi connectivity index (χ0) is 18.8. The molecule has 0 radical (unpaired) electrons. The third-order valence-corrected chi connectivity index (χ3v) is 4.26. The van der Waals surface area contributed by atoms with Crippen LogP contribution in [0.15, 0.2) is 67.0 Å². The second-order valence-electron chi connectivity index (χ2n) is 6.06. The van der Waals surface area contributed by atoms with Gasteiger partial charge in [-0.05, 0) is 17.7 Å². The molecule has 3 aromatic rings. The fourth-order valence-corrected chi connectivity index (χ4v) is 2.89. The van der Waals surface area contributed by atoms with Crippen molar-refractivity contribution in [1.82, 2.24) is 14.7 Å². The molecule has 0 atom stereocenters. The highest BCUT2D eigenvalue weighted by Crippen LogP contribution is 2.22. The molecule has 4 rings (SSSR count). The van der Waals surface area contributed by atoms with Crippen LogP contribution in [0.1, 0.15) is 36.6 Å². The van der Waals surface area contributed by atoms with Gasteiger partial charge in [0, 0.05) is 6.20 Å². The third-order valence-electron chi connectivity index (χ3n) is 4.26. The van der Waals surface area contributed by atoms with Crippen molar-refractivity contribution in [3.05, 3.63) is 89.2 Å². The Bertz CT molecular complexity index is 991. The van der Waals surface area contributed by atoms with E-state index in [1.807, 2.05) is 30.3 Å². The zero-order valence-electron chi connectivity index (χ0n) is 14.2. The van der Waals surface area contributed by atoms with Crippen LogP contribution in [0.5, 0.6) is 0 Å². The van der Waals surface area contributed by atoms with E-state index < -0.39 is 24.5 Å². The van der Waals surface area contributed by atoms with Gasteiger partial charge in [-0.2, -0.15) is 5.10 Å². The third kappa shape index (κ3) is 3.22. The van der Waals surface area contributed by atoms with Crippen LogP contribution in [-0.2, 0) is 11.3 Å². The van der Waals surface area contributed by atoms with Crippen LogP contribution in [0.3, 0.4) is 0 Å². The molecule has 1 aliphatic heterocycles. The highest BCUT2D eigenvalue weighted by atomic mass is 16.5. The van der Waals surface area contributed by atoms with Crippen molar-refractivity contribution in [2.24, 2.45) is 0 Å². The number of benzene rings is 2. The highest BCUT2D eigenvalue weighted by molar-refractivity contribution is 6.21. The summed E-state index contributed by atoms with van der Waals surface area (Å²) in [6.07, 6.45) is 2.96. The lowest BCUT2D eigenvalue weighted by atomic mass is 10.1. The molecule has 0 unspecified atom stereocenters. The molecule has 0 N–H and O–H groups in total. The van der Waals surface area contributed by atoms with E-state index in [2.05, 4.69) is 5.10 Å². The summed E-state index contributed by atoms with van der Waals surface area (Å²) in [4.78, 5) is 37.7. The standard InChI is InChI=1S/C20H15N3O4/c24-18-16-8-4-5-9-17(16)19(25)23(18)13-27-20(26)15-10-21-22(12-15)11-14-6-2-1-3-7-14/h1-10,12H,11,13H2. The summed E-state index contributed by atoms with van der Waals surface area (Å²) in [7, 11) is 0. The van der Waals surface area contributed by atoms with Crippen LogP contribution in [0.4, 0.5) is 0 Å². The van der Waals surface area contributed by atoms with Crippen LogP contribution in [0.25, 0.3) is 0 Å². The number of imide groups is 1. The van der Waals surface area contributed by atoms with Crippen LogP contribution < -0.4 is 0 Å². The van der Waals surface area contributed by atoms with Crippen molar-refractivity contribution < 1.29 is 19.1 Å². The van der Waals surface area contributed by atoms with Crippen LogP contribution in [-0.4, -0.2) is 39.2 Å². The molecule has 0 saturated carbocycles. The normalized spacial score (nSPS) is 13.0. The number of hydrogen-bond donors (Lipinski definition) is 0. The van der Waals surface area contributed by atoms with E-state index in [-0.39, 0.29) is 5.56 Å². The molecule has 7 nitrogen and oxygen atoms in total. The fourth-order valence-electron chi connectivity index (χ4n) is 2.89. The van der Waals surface area contributed by atoms with Gasteiger partial charge in [0.2, 0.25) is 0 Å². The summed E-state index contributed by atoms with van der Waals surface area (Å²) in [5.74, 6) is -1.59. The first kappa shape index (κ1) is 16.7. The Morgan fingerprint density at radius 1 is 0.926 bits per heavy atom. The van der Waals surface area contributed by atoms with Crippen molar-refractivity contribution in [2.75, 3.05) is 6.73 Å². The molecule has 134 valence electrons. The van der Waals surface area contributed by atoms with Gasteiger partial charge in [-0.25, -0.2) is 9.69 Å². The molecule has 0 saturated heterocycles. The first-order valence-corrected chi connectivity index (χ1v) is 8.32. The maximum atomic E-state index is 12.3. The van der Waals surface area contributed by atoms with Crippen LogP contribution in [0.2, 0.25) is 0 Å². The molecule has 0 fully saturated rings. The monoisotopic (exact) mass is 361 g/mol. The fraction of sp³-hybridized carbons (Fsp3) is 0.100. The topological polar surface area (TPSA) is 81.5 Å². The lowest BCUT2D eigenvalue weighted by Crippen LogP contribution is -2.33. The van der Waals surface area contributed by atoms with Gasteiger partial charge >= 0.3 is 5.97 Å². The largest absolute Gasteiger partial charge is 0.440 e. The average Bonchev–Trinajstić information content (AvgIpc) is 3.25. The summed E-state index contributed by atoms with van der Waals surface area (Å²) in [6, 6.07) is 16.2. The predicted molar refractivity (Wildman–Crippen MR) is 95.0 cm³/mol. The molecule has 1 aromatic heterocycles. The molecule has 2 heterocycles. The lowest BCUT2D eigenvalue weighted by Gasteiger charge is -2.13. The van der Waals surface area contributed by atoms with Gasteiger partial charge < -0.3 is 4.74 Å². The van der Waals surface area contributed by atoms with Crippen molar-refractivity contribution in [3.63, 3.8) is 0 Å². The minimum absolute atomic E-state index is 0.252. The Hall–Kier alpha value is -3.74. The maximum absolute atomic E-state index is 12.3. The Kier molecular flexibility index (Phi) is 4.25. The number of hydrogen-bond acceptors (Lipinski definition) is 5. The summed E-state index contributed by atoms with van der Waals surface area (Å²) in [6.45, 7) is 0.0849. The van der Waals surface area contributed by atoms with Crippen molar-refractivity contribution >= 4 is 17.8 Å². The van der Waals surface area contributed by atoms with E-state index in [0.717, 1.165) is 10.5 Å². The van der Waals surface area contributed by atoms with Crippen molar-refractivity contribution in [3.8, 4) is 0 Å². The second kappa shape index (κ2) is 6.87. The quantitative estimate of drug-likeness (QED) is 0.515. The summed E-state index contributed by atoms with van der Waals surface area (Å²) in [5, 5.41) is 4.14. The lowest BCUT2D eigenvalue weighted by molar-refractivity contribution is 0.0228. The Balaban J connectivity index is 1.39. The number of ether oxygens (including phenoxy) is 1. The van der Waals surface area contributed by atoms with E-state index in [4.69, 9.17) is 4.74 Å². The van der Waals surface area contributed by atoms with Gasteiger partial charge in [-0.3, -0.25) is 14.3 Å². The van der Waals surface area contributed by atoms with Crippen molar-refractivity contribution in [2.45, 2.75) is 6.54 Å². The van der Waals surface area contributed by atoms with Gasteiger partial charge in [0.25, 0.3) is 11.8 Å². The molecule has 27 heavy (non-hydrogen) atoms. The zero-order valence-corrected chi connectivity index (χ0v) is 14.2. The first-order valence-electron chi connectivity index (χ1n) is 8.32. The minimum atomic E-state index is -0.647. The van der Waals surface area contributed by atoms with Gasteiger partial charge in [0.05, 0.1) is 29.4 Å². The Morgan fingerprint density at radius 3 is 2.22 bits per heavy atom. The maximum Gasteiger partial charge on any atom is 0.343 e. The van der Waals surface area contributed by atoms with E-state index in [0.29, 0.717) is 17.7 Å². The second-order valence-corrected chi connectivity index (χ2v) is 6.06. The molecular weight excluding hydrogens is 346 g/mol. The number of nitrogens with zero attached hydrogens (tertiary/aromatic N) is 3. The number of carbonyl (C=O) groups excluding carboxylic acids is 3. The number of rotatable bonds is 5. The number of amides is 2. The molecule has 2 aromatic carbocycles. The van der Waals surface area contributed by atoms with E-state index in [1.165, 1.54) is 6.20 Å². The molecule has 7 heteroatoms. The van der Waals surface area contributed by atoms with E-state index in [9.17, 15) is 14.4 Å². The van der Waals surface area contributed by atoms with E-state index >= 15 is 0 Å². The molecule has 2 amide bonds. The number of carbonyl (C=O) groups is 3. The van der Waals surface area contributed by atoms with Gasteiger partial charge in [-0.1, -0.05) is 42.5 Å². The summed E-state index contributed by atoms with van der Waals surface area (Å²) >= 11 is 0. The van der Waals surface area contributed by atoms with Gasteiger partial charge in [0.1, 0.15) is 0 Å². The summed E-state index contributed by atoms with van der Waals surface area (Å²) in [5.41, 5.74) is 1.93. The summed E-state index contributed by atoms with van der Waals surface area (Å²) < 4.78 is 6.76.